The topological polar surface area (TPSA) is 128 Å². The SMILES string of the molecule is N=C(N)c1c(-c2ccnn2Cc2ccccc2)cccc1S(N)(=O)=O. The van der Waals surface area contributed by atoms with Crippen LogP contribution >= 0.6 is 0 Å². The van der Waals surface area contributed by atoms with E-state index >= 15 is 0 Å². The Morgan fingerprint density at radius 2 is 1.80 bits per heavy atom. The fourth-order valence-corrected chi connectivity index (χ4v) is 3.48. The van der Waals surface area contributed by atoms with Crippen LogP contribution < -0.4 is 10.9 Å². The Hall–Kier alpha value is -2.97. The summed E-state index contributed by atoms with van der Waals surface area (Å²) in [6.07, 6.45) is 1.62. The number of amidine groups is 1. The van der Waals surface area contributed by atoms with Gasteiger partial charge in [-0.25, -0.2) is 13.6 Å². The van der Waals surface area contributed by atoms with E-state index in [4.69, 9.17) is 16.3 Å². The molecule has 128 valence electrons. The number of rotatable bonds is 5. The van der Waals surface area contributed by atoms with Gasteiger partial charge in [0.25, 0.3) is 0 Å². The van der Waals surface area contributed by atoms with Gasteiger partial charge in [0.05, 0.1) is 17.1 Å². The Morgan fingerprint density at radius 3 is 2.44 bits per heavy atom. The molecular weight excluding hydrogens is 338 g/mol. The second kappa shape index (κ2) is 6.50. The third kappa shape index (κ3) is 3.44. The molecule has 3 rings (SSSR count). The zero-order chi connectivity index (χ0) is 18.0. The largest absolute Gasteiger partial charge is 0.384 e. The molecule has 0 atom stereocenters. The van der Waals surface area contributed by atoms with Crippen molar-refractivity contribution in [2.75, 3.05) is 0 Å². The minimum absolute atomic E-state index is 0.0832. The van der Waals surface area contributed by atoms with E-state index in [0.29, 0.717) is 17.8 Å². The van der Waals surface area contributed by atoms with E-state index in [1.165, 1.54) is 6.07 Å². The second-order valence-electron chi connectivity index (χ2n) is 5.50. The van der Waals surface area contributed by atoms with Gasteiger partial charge < -0.3 is 5.73 Å². The van der Waals surface area contributed by atoms with Crippen molar-refractivity contribution < 1.29 is 8.42 Å². The van der Waals surface area contributed by atoms with Crippen LogP contribution in [-0.2, 0) is 16.6 Å². The first-order valence-corrected chi connectivity index (χ1v) is 8.99. The van der Waals surface area contributed by atoms with Crippen molar-refractivity contribution >= 4 is 15.9 Å². The average molecular weight is 355 g/mol. The Bertz CT molecular complexity index is 1030. The second-order valence-corrected chi connectivity index (χ2v) is 7.03. The number of nitrogens with two attached hydrogens (primary N) is 2. The molecule has 0 unspecified atom stereocenters. The number of benzene rings is 2. The molecule has 0 saturated heterocycles. The lowest BCUT2D eigenvalue weighted by Gasteiger charge is -2.14. The van der Waals surface area contributed by atoms with E-state index in [9.17, 15) is 8.42 Å². The van der Waals surface area contributed by atoms with Crippen molar-refractivity contribution in [3.63, 3.8) is 0 Å². The van der Waals surface area contributed by atoms with Crippen molar-refractivity contribution in [3.8, 4) is 11.3 Å². The van der Waals surface area contributed by atoms with Crippen LogP contribution in [0.2, 0.25) is 0 Å². The molecule has 0 saturated carbocycles. The quantitative estimate of drug-likeness (QED) is 0.473. The van der Waals surface area contributed by atoms with Gasteiger partial charge >= 0.3 is 0 Å². The summed E-state index contributed by atoms with van der Waals surface area (Å²) in [5.41, 5.74) is 7.92. The first kappa shape index (κ1) is 16.9. The van der Waals surface area contributed by atoms with Crippen molar-refractivity contribution in [2.24, 2.45) is 10.9 Å². The van der Waals surface area contributed by atoms with Crippen LogP contribution in [0.4, 0.5) is 0 Å². The minimum atomic E-state index is -4.01. The first-order chi connectivity index (χ1) is 11.9. The third-order valence-corrected chi connectivity index (χ3v) is 4.72. The Labute approximate surface area is 145 Å². The van der Waals surface area contributed by atoms with Gasteiger partial charge in [0.15, 0.2) is 0 Å². The molecule has 25 heavy (non-hydrogen) atoms. The minimum Gasteiger partial charge on any atom is -0.384 e. The molecule has 0 bridgehead atoms. The number of hydrogen-bond acceptors (Lipinski definition) is 4. The summed E-state index contributed by atoms with van der Waals surface area (Å²) in [5.74, 6) is -0.368. The van der Waals surface area contributed by atoms with Crippen LogP contribution in [0.1, 0.15) is 11.1 Å². The molecule has 1 aromatic heterocycles. The van der Waals surface area contributed by atoms with Gasteiger partial charge in [-0.2, -0.15) is 5.10 Å². The number of nitrogen functional groups attached to an aromatic ring is 1. The number of nitrogens with one attached hydrogen (secondary N) is 1. The standard InChI is InChI=1S/C17H17N5O2S/c18-17(19)16-13(7-4-8-15(16)25(20,23)24)14-9-10-21-22(14)11-12-5-2-1-3-6-12/h1-10H,11H2,(H3,18,19)(H2,20,23,24). The van der Waals surface area contributed by atoms with Crippen LogP contribution in [-0.4, -0.2) is 24.0 Å². The number of nitrogens with zero attached hydrogens (tertiary/aromatic N) is 2. The predicted octanol–water partition coefficient (Wildman–Crippen LogP) is 1.53. The third-order valence-electron chi connectivity index (χ3n) is 3.77. The van der Waals surface area contributed by atoms with Gasteiger partial charge in [-0.1, -0.05) is 42.5 Å². The Kier molecular flexibility index (Phi) is 4.39. The van der Waals surface area contributed by atoms with Crippen LogP contribution in [0.5, 0.6) is 0 Å². The molecule has 7 nitrogen and oxygen atoms in total. The van der Waals surface area contributed by atoms with Crippen LogP contribution in [0.25, 0.3) is 11.3 Å². The van der Waals surface area contributed by atoms with Crippen LogP contribution in [0, 0.1) is 5.41 Å². The van der Waals surface area contributed by atoms with E-state index < -0.39 is 10.0 Å². The van der Waals surface area contributed by atoms with Crippen molar-refractivity contribution in [2.45, 2.75) is 11.4 Å². The smallest absolute Gasteiger partial charge is 0.238 e. The number of sulfonamides is 1. The molecule has 0 fully saturated rings. The van der Waals surface area contributed by atoms with Gasteiger partial charge in [0, 0.05) is 17.3 Å². The maximum Gasteiger partial charge on any atom is 0.238 e. The molecule has 0 aliphatic carbocycles. The van der Waals surface area contributed by atoms with Gasteiger partial charge in [0.1, 0.15) is 5.84 Å². The summed E-state index contributed by atoms with van der Waals surface area (Å²) in [6.45, 7) is 0.500. The number of hydrogen-bond donors (Lipinski definition) is 3. The molecule has 1 heterocycles. The summed E-state index contributed by atoms with van der Waals surface area (Å²) in [6, 6.07) is 16.1. The molecule has 0 aliphatic heterocycles. The highest BCUT2D eigenvalue weighted by Crippen LogP contribution is 2.28. The molecule has 5 N–H and O–H groups in total. The summed E-state index contributed by atoms with van der Waals surface area (Å²) in [4.78, 5) is -0.176. The Morgan fingerprint density at radius 1 is 1.08 bits per heavy atom. The van der Waals surface area contributed by atoms with Crippen LogP contribution in [0.3, 0.4) is 0 Å². The van der Waals surface area contributed by atoms with E-state index in [-0.39, 0.29) is 16.3 Å². The molecule has 3 aromatic rings. The summed E-state index contributed by atoms with van der Waals surface area (Å²) in [5, 5.41) is 17.4. The molecule has 0 aliphatic rings. The highest BCUT2D eigenvalue weighted by molar-refractivity contribution is 7.89. The molecule has 0 spiro atoms. The average Bonchev–Trinajstić information content (AvgIpc) is 3.02. The molecular formula is C17H17N5O2S. The first-order valence-electron chi connectivity index (χ1n) is 7.44. The lowest BCUT2D eigenvalue weighted by molar-refractivity contribution is 0.597. The summed E-state index contributed by atoms with van der Waals surface area (Å²) >= 11 is 0. The van der Waals surface area contributed by atoms with Crippen molar-refractivity contribution in [3.05, 3.63) is 71.9 Å². The predicted molar refractivity (Wildman–Crippen MR) is 95.6 cm³/mol. The van der Waals surface area contributed by atoms with E-state index in [0.717, 1.165) is 5.56 Å². The molecule has 0 amide bonds. The highest BCUT2D eigenvalue weighted by atomic mass is 32.2. The van der Waals surface area contributed by atoms with Gasteiger partial charge in [-0.15, -0.1) is 0 Å². The monoisotopic (exact) mass is 355 g/mol. The van der Waals surface area contributed by atoms with E-state index in [2.05, 4.69) is 5.10 Å². The van der Waals surface area contributed by atoms with Crippen molar-refractivity contribution in [1.82, 2.24) is 9.78 Å². The van der Waals surface area contributed by atoms with Gasteiger partial charge in [0.2, 0.25) is 10.0 Å². The van der Waals surface area contributed by atoms with Gasteiger partial charge in [-0.05, 0) is 17.7 Å². The van der Waals surface area contributed by atoms with E-state index in [1.807, 2.05) is 30.3 Å². The maximum atomic E-state index is 11.9. The normalized spacial score (nSPS) is 11.4. The molecule has 2 aromatic carbocycles. The fourth-order valence-electron chi connectivity index (χ4n) is 2.70. The lowest BCUT2D eigenvalue weighted by Crippen LogP contribution is -2.22. The van der Waals surface area contributed by atoms with Gasteiger partial charge in [-0.3, -0.25) is 10.1 Å². The summed E-state index contributed by atoms with van der Waals surface area (Å²) < 4.78 is 25.4. The van der Waals surface area contributed by atoms with Crippen LogP contribution in [0.15, 0.2) is 65.7 Å². The molecule has 0 radical (unpaired) electrons. The highest BCUT2D eigenvalue weighted by Gasteiger charge is 2.21. The number of aromatic nitrogens is 2. The van der Waals surface area contributed by atoms with E-state index in [1.54, 1.807) is 29.1 Å². The Balaban J connectivity index is 2.16. The fraction of sp³-hybridized carbons (Fsp3) is 0.0588. The zero-order valence-corrected chi connectivity index (χ0v) is 14.1. The molecule has 8 heteroatoms. The zero-order valence-electron chi connectivity index (χ0n) is 13.3. The summed E-state index contributed by atoms with van der Waals surface area (Å²) in [7, 11) is -4.01. The maximum absolute atomic E-state index is 11.9. The lowest BCUT2D eigenvalue weighted by atomic mass is 10.0. The van der Waals surface area contributed by atoms with Crippen molar-refractivity contribution in [1.29, 1.82) is 5.41 Å². The number of primary sulfonamides is 1.